The van der Waals surface area contributed by atoms with Gasteiger partial charge in [0.15, 0.2) is 0 Å². The number of thioether (sulfide) groups is 1. The minimum absolute atomic E-state index is 0.0249. The molecular weight excluding hydrogens is 558 g/mol. The van der Waals surface area contributed by atoms with Crippen LogP contribution in [-0.2, 0) is 14.4 Å². The van der Waals surface area contributed by atoms with Crippen molar-refractivity contribution in [1.82, 2.24) is 10.2 Å². The molecule has 2 bridgehead atoms. The molecule has 6 atom stereocenters. The average Bonchev–Trinajstić information content (AvgIpc) is 3.40. The number of ether oxygens (including phenoxy) is 1. The lowest BCUT2D eigenvalue weighted by Gasteiger charge is -2.36. The van der Waals surface area contributed by atoms with E-state index in [1.54, 1.807) is 28.8 Å². The van der Waals surface area contributed by atoms with E-state index in [1.165, 1.54) is 0 Å². The van der Waals surface area contributed by atoms with Crippen molar-refractivity contribution in [1.29, 1.82) is 0 Å². The van der Waals surface area contributed by atoms with E-state index in [4.69, 9.17) is 4.74 Å². The number of unbranched alkanes of at least 4 members (excludes halogenated alkanes) is 2. The third kappa shape index (κ3) is 5.52. The van der Waals surface area contributed by atoms with E-state index >= 15 is 0 Å². The van der Waals surface area contributed by atoms with Crippen LogP contribution in [0.2, 0.25) is 0 Å². The number of carbonyl (C=O) groups is 3. The summed E-state index contributed by atoms with van der Waals surface area (Å²) in [6.45, 7) is 8.81. The van der Waals surface area contributed by atoms with E-state index in [1.807, 2.05) is 39.8 Å². The van der Waals surface area contributed by atoms with Crippen LogP contribution < -0.4 is 15.4 Å². The van der Waals surface area contributed by atoms with Crippen molar-refractivity contribution in [2.75, 3.05) is 25.1 Å². The predicted molar refractivity (Wildman–Crippen MR) is 149 cm³/mol. The predicted octanol–water partition coefficient (Wildman–Crippen LogP) is 3.57. The normalized spacial score (nSPS) is 30.4. The Labute approximate surface area is 231 Å². The summed E-state index contributed by atoms with van der Waals surface area (Å²) in [6.07, 6.45) is 2.77. The highest BCUT2D eigenvalue weighted by atomic mass is 79.9. The second-order valence-electron chi connectivity index (χ2n) is 11.2. The third-order valence-corrected chi connectivity index (χ3v) is 10.5. The number of nitrogens with one attached hydrogen (secondary N) is 2. The van der Waals surface area contributed by atoms with Crippen LogP contribution in [0.15, 0.2) is 24.3 Å². The number of aliphatic hydroxyl groups is 1. The minimum Gasteiger partial charge on any atom is -0.494 e. The van der Waals surface area contributed by atoms with Gasteiger partial charge >= 0.3 is 0 Å². The van der Waals surface area contributed by atoms with Gasteiger partial charge in [-0.15, -0.1) is 11.8 Å². The molecule has 1 spiro atoms. The summed E-state index contributed by atoms with van der Waals surface area (Å²) >= 11 is 5.43. The zero-order valence-corrected chi connectivity index (χ0v) is 24.4. The molecule has 3 aliphatic rings. The molecule has 1 aromatic carbocycles. The quantitative estimate of drug-likeness (QED) is 0.282. The van der Waals surface area contributed by atoms with Gasteiger partial charge in [-0.3, -0.25) is 14.4 Å². The molecule has 3 amide bonds. The van der Waals surface area contributed by atoms with Gasteiger partial charge in [0.25, 0.3) is 0 Å². The topological polar surface area (TPSA) is 108 Å². The van der Waals surface area contributed by atoms with Gasteiger partial charge in [-0.25, -0.2) is 0 Å². The molecule has 0 radical (unpaired) electrons. The second-order valence-corrected chi connectivity index (χ2v) is 13.9. The van der Waals surface area contributed by atoms with Crippen LogP contribution in [0.4, 0.5) is 5.69 Å². The maximum absolute atomic E-state index is 14.0. The van der Waals surface area contributed by atoms with Gasteiger partial charge in [-0.05, 0) is 77.6 Å². The Morgan fingerprint density at radius 3 is 2.51 bits per heavy atom. The van der Waals surface area contributed by atoms with Crippen molar-refractivity contribution >= 4 is 51.1 Å². The number of halogens is 1. The van der Waals surface area contributed by atoms with E-state index in [0.29, 0.717) is 38.1 Å². The first kappa shape index (κ1) is 28.2. The maximum atomic E-state index is 14.0. The highest BCUT2D eigenvalue weighted by molar-refractivity contribution is 9.09. The van der Waals surface area contributed by atoms with Crippen LogP contribution >= 0.6 is 27.7 Å². The number of hydrogen-bond donors (Lipinski definition) is 3. The summed E-state index contributed by atoms with van der Waals surface area (Å²) in [6, 6.07) is 6.58. The summed E-state index contributed by atoms with van der Waals surface area (Å²) in [5, 5.41) is 15.2. The number of carbonyl (C=O) groups excluding carboxylic acids is 3. The molecular formula is C27H38BrN3O5S. The number of nitrogens with zero attached hydrogens (tertiary/aromatic N) is 1. The van der Waals surface area contributed by atoms with Crippen LogP contribution in [-0.4, -0.2) is 73.9 Å². The molecule has 0 aromatic heterocycles. The van der Waals surface area contributed by atoms with E-state index in [-0.39, 0.29) is 34.4 Å². The summed E-state index contributed by atoms with van der Waals surface area (Å²) < 4.78 is 4.83. The first-order valence-electron chi connectivity index (χ1n) is 13.1. The minimum atomic E-state index is -0.664. The molecule has 3 aliphatic heterocycles. The summed E-state index contributed by atoms with van der Waals surface area (Å²) in [4.78, 5) is 43.1. The fourth-order valence-electron chi connectivity index (χ4n) is 6.01. The Kier molecular flexibility index (Phi) is 8.50. The molecule has 3 saturated heterocycles. The van der Waals surface area contributed by atoms with Gasteiger partial charge in [0.2, 0.25) is 17.7 Å². The Morgan fingerprint density at radius 1 is 1.19 bits per heavy atom. The van der Waals surface area contributed by atoms with Gasteiger partial charge in [0.1, 0.15) is 11.8 Å². The summed E-state index contributed by atoms with van der Waals surface area (Å²) in [5.41, 5.74) is 0.200. The first-order valence-corrected chi connectivity index (χ1v) is 14.9. The van der Waals surface area contributed by atoms with E-state index in [2.05, 4.69) is 26.6 Å². The number of likely N-dealkylation sites (tertiary alicyclic amines) is 1. The lowest BCUT2D eigenvalue weighted by atomic mass is 9.70. The molecule has 3 unspecified atom stereocenters. The third-order valence-electron chi connectivity index (χ3n) is 7.33. The average molecular weight is 597 g/mol. The van der Waals surface area contributed by atoms with Gasteiger partial charge in [0, 0.05) is 34.5 Å². The number of aliphatic hydroxyl groups excluding tert-OH is 1. The molecule has 8 nitrogen and oxygen atoms in total. The van der Waals surface area contributed by atoms with Crippen molar-refractivity contribution in [3.8, 4) is 5.75 Å². The number of benzene rings is 1. The maximum Gasteiger partial charge on any atom is 0.244 e. The molecule has 0 saturated carbocycles. The number of rotatable bonds is 10. The van der Waals surface area contributed by atoms with Crippen LogP contribution in [0.1, 0.15) is 53.4 Å². The van der Waals surface area contributed by atoms with Crippen LogP contribution in [0.3, 0.4) is 0 Å². The molecule has 3 heterocycles. The monoisotopic (exact) mass is 595 g/mol. The van der Waals surface area contributed by atoms with Crippen molar-refractivity contribution < 1.29 is 24.2 Å². The lowest BCUT2D eigenvalue weighted by molar-refractivity contribution is -0.139. The highest BCUT2D eigenvalue weighted by Gasteiger charge is 2.75. The molecule has 4 rings (SSSR count). The van der Waals surface area contributed by atoms with Crippen molar-refractivity contribution in [2.45, 2.75) is 79.8 Å². The van der Waals surface area contributed by atoms with Crippen LogP contribution in [0.5, 0.6) is 5.75 Å². The Bertz CT molecular complexity index is 1020. The summed E-state index contributed by atoms with van der Waals surface area (Å²) in [5.74, 6) is -0.846. The number of hydrogen-bond acceptors (Lipinski definition) is 6. The SMILES string of the molecule is CCOc1ccc(NC(=O)[C@H]2[C@H]3C(=O)N(CCCCCO)C(C(=O)NC(C)(C)C)C34CC(Br)[C@@H]2S4)cc1. The molecule has 37 heavy (non-hydrogen) atoms. The van der Waals surface area contributed by atoms with Gasteiger partial charge in [-0.2, -0.15) is 0 Å². The first-order chi connectivity index (χ1) is 17.5. The number of fused-ring (bicyclic) bond motifs is 1. The molecule has 3 N–H and O–H groups in total. The molecule has 10 heteroatoms. The zero-order valence-electron chi connectivity index (χ0n) is 22.0. The Hall–Kier alpha value is -1.78. The standard InChI is InChI=1S/C27H38BrN3O5S/c1-5-36-17-11-9-16(10-12-17)29-23(33)19-20-25(35)31(13-7-6-8-14-32)22(24(34)30-26(2,3)4)27(20)15-18(28)21(19)37-27/h9-12,18-22,32H,5-8,13-15H2,1-4H3,(H,29,33)(H,30,34)/t18?,19-,20-,21-,22?,27?/m0/s1. The lowest BCUT2D eigenvalue weighted by Crippen LogP contribution is -2.57. The van der Waals surface area contributed by atoms with Crippen molar-refractivity contribution in [3.63, 3.8) is 0 Å². The number of amides is 3. The number of alkyl halides is 1. The number of anilines is 1. The molecule has 3 fully saturated rings. The van der Waals surface area contributed by atoms with Crippen LogP contribution in [0, 0.1) is 11.8 Å². The Morgan fingerprint density at radius 2 is 1.89 bits per heavy atom. The van der Waals surface area contributed by atoms with Gasteiger partial charge < -0.3 is 25.4 Å². The zero-order chi connectivity index (χ0) is 27.0. The van der Waals surface area contributed by atoms with E-state index in [0.717, 1.165) is 12.2 Å². The van der Waals surface area contributed by atoms with E-state index < -0.39 is 28.2 Å². The molecule has 1 aromatic rings. The smallest absolute Gasteiger partial charge is 0.244 e. The molecule has 204 valence electrons. The van der Waals surface area contributed by atoms with Crippen molar-refractivity contribution in [2.24, 2.45) is 11.8 Å². The van der Waals surface area contributed by atoms with Crippen molar-refractivity contribution in [3.05, 3.63) is 24.3 Å². The molecule has 0 aliphatic carbocycles. The summed E-state index contributed by atoms with van der Waals surface area (Å²) in [7, 11) is 0. The van der Waals surface area contributed by atoms with Gasteiger partial charge in [-0.1, -0.05) is 15.9 Å². The van der Waals surface area contributed by atoms with Crippen LogP contribution in [0.25, 0.3) is 0 Å². The Balaban J connectivity index is 1.62. The van der Waals surface area contributed by atoms with E-state index in [9.17, 15) is 19.5 Å². The highest BCUT2D eigenvalue weighted by Crippen LogP contribution is 2.67. The largest absolute Gasteiger partial charge is 0.494 e. The fraction of sp³-hybridized carbons (Fsp3) is 0.667. The second kappa shape index (κ2) is 11.1. The van der Waals surface area contributed by atoms with Gasteiger partial charge in [0.05, 0.1) is 23.2 Å². The fourth-order valence-corrected chi connectivity index (χ4v) is 9.62.